The van der Waals surface area contributed by atoms with Crippen LogP contribution in [0.25, 0.3) is 0 Å². The van der Waals surface area contributed by atoms with Crippen molar-refractivity contribution in [3.8, 4) is 0 Å². The van der Waals surface area contributed by atoms with Gasteiger partial charge in [0.2, 0.25) is 5.91 Å². The highest BCUT2D eigenvalue weighted by atomic mass is 16.2. The molecule has 106 valence electrons. The zero-order chi connectivity index (χ0) is 14.4. The highest BCUT2D eigenvalue weighted by Crippen LogP contribution is 2.09. The number of benzene rings is 1. The third kappa shape index (κ3) is 3.93. The van der Waals surface area contributed by atoms with E-state index in [0.29, 0.717) is 18.7 Å². The topological polar surface area (TPSA) is 72.9 Å². The molecule has 1 amide bonds. The van der Waals surface area contributed by atoms with Crippen molar-refractivity contribution in [2.45, 2.75) is 32.4 Å². The molecule has 0 radical (unpaired) electrons. The van der Waals surface area contributed by atoms with E-state index in [1.54, 1.807) is 10.9 Å². The molecule has 0 saturated carbocycles. The summed E-state index contributed by atoms with van der Waals surface area (Å²) in [5.74, 6) is -0.161. The van der Waals surface area contributed by atoms with Crippen molar-refractivity contribution < 1.29 is 4.79 Å². The fourth-order valence-electron chi connectivity index (χ4n) is 1.96. The molecule has 0 saturated heterocycles. The molecule has 0 bridgehead atoms. The largest absolute Gasteiger partial charge is 0.322 e. The summed E-state index contributed by atoms with van der Waals surface area (Å²) in [6.07, 6.45) is 5.02. The van der Waals surface area contributed by atoms with Gasteiger partial charge in [-0.3, -0.25) is 9.48 Å². The molecule has 5 nitrogen and oxygen atoms in total. The molecular weight excluding hydrogens is 252 g/mol. The molecule has 0 spiro atoms. The van der Waals surface area contributed by atoms with Gasteiger partial charge in [-0.25, -0.2) is 0 Å². The minimum atomic E-state index is -0.461. The monoisotopic (exact) mass is 272 g/mol. The summed E-state index contributed by atoms with van der Waals surface area (Å²) < 4.78 is 1.79. The van der Waals surface area contributed by atoms with E-state index in [4.69, 9.17) is 5.73 Å². The number of carbonyl (C=O) groups is 1. The Kier molecular flexibility index (Phi) is 4.90. The normalized spacial score (nSPS) is 12.1. The van der Waals surface area contributed by atoms with Crippen LogP contribution in [0.5, 0.6) is 0 Å². The number of hydrogen-bond acceptors (Lipinski definition) is 3. The van der Waals surface area contributed by atoms with Crippen LogP contribution in [0.2, 0.25) is 0 Å². The zero-order valence-corrected chi connectivity index (χ0v) is 11.6. The van der Waals surface area contributed by atoms with Crippen LogP contribution < -0.4 is 11.1 Å². The molecular formula is C15H20N4O. The van der Waals surface area contributed by atoms with Gasteiger partial charge in [0, 0.05) is 6.20 Å². The molecule has 1 aromatic carbocycles. The van der Waals surface area contributed by atoms with Crippen LogP contribution in [0.3, 0.4) is 0 Å². The lowest BCUT2D eigenvalue weighted by molar-refractivity contribution is -0.117. The van der Waals surface area contributed by atoms with E-state index in [-0.39, 0.29) is 5.91 Å². The van der Waals surface area contributed by atoms with Crippen LogP contribution in [0.4, 0.5) is 5.69 Å². The summed E-state index contributed by atoms with van der Waals surface area (Å²) in [6, 6.07) is 9.58. The van der Waals surface area contributed by atoms with E-state index in [1.807, 2.05) is 43.5 Å². The zero-order valence-electron chi connectivity index (χ0n) is 11.6. The number of nitrogens with zero attached hydrogens (tertiary/aromatic N) is 2. The number of nitrogens with one attached hydrogen (secondary N) is 1. The van der Waals surface area contributed by atoms with Crippen molar-refractivity contribution in [3.63, 3.8) is 0 Å². The molecule has 0 aliphatic heterocycles. The van der Waals surface area contributed by atoms with Gasteiger partial charge in [0.25, 0.3) is 0 Å². The molecule has 0 aliphatic carbocycles. The first-order valence-electron chi connectivity index (χ1n) is 6.82. The predicted octanol–water partition coefficient (Wildman–Crippen LogP) is 2.00. The van der Waals surface area contributed by atoms with Gasteiger partial charge in [-0.2, -0.15) is 5.10 Å². The van der Waals surface area contributed by atoms with E-state index >= 15 is 0 Å². The molecule has 20 heavy (non-hydrogen) atoms. The van der Waals surface area contributed by atoms with Gasteiger partial charge in [0.05, 0.1) is 24.5 Å². The summed E-state index contributed by atoms with van der Waals surface area (Å²) >= 11 is 0. The first-order valence-corrected chi connectivity index (χ1v) is 6.82. The third-order valence-corrected chi connectivity index (χ3v) is 3.02. The smallest absolute Gasteiger partial charge is 0.241 e. The van der Waals surface area contributed by atoms with Gasteiger partial charge in [0.15, 0.2) is 0 Å². The second-order valence-electron chi connectivity index (χ2n) is 4.80. The maximum atomic E-state index is 11.8. The molecule has 5 heteroatoms. The first-order chi connectivity index (χ1) is 9.69. The summed E-state index contributed by atoms with van der Waals surface area (Å²) in [5, 5.41) is 7.02. The lowest BCUT2D eigenvalue weighted by atomic mass is 10.2. The summed E-state index contributed by atoms with van der Waals surface area (Å²) in [7, 11) is 0. The minimum absolute atomic E-state index is 0.161. The van der Waals surface area contributed by atoms with Gasteiger partial charge in [-0.1, -0.05) is 43.7 Å². The molecule has 3 N–H and O–H groups in total. The maximum absolute atomic E-state index is 11.8. The summed E-state index contributed by atoms with van der Waals surface area (Å²) in [5.41, 5.74) is 7.61. The van der Waals surface area contributed by atoms with Gasteiger partial charge in [-0.05, 0) is 12.0 Å². The first kappa shape index (κ1) is 14.3. The van der Waals surface area contributed by atoms with Crippen LogP contribution in [-0.4, -0.2) is 21.7 Å². The van der Waals surface area contributed by atoms with Crippen LogP contribution >= 0.6 is 0 Å². The Bertz CT molecular complexity index is 550. The van der Waals surface area contributed by atoms with Crippen molar-refractivity contribution in [2.75, 3.05) is 5.32 Å². The van der Waals surface area contributed by atoms with Crippen molar-refractivity contribution in [1.82, 2.24) is 9.78 Å². The standard InChI is InChI=1S/C15H20N4O/c1-2-6-14(16)15(20)18-13-9-17-19(11-13)10-12-7-4-3-5-8-12/h3-5,7-9,11,14H,2,6,10,16H2,1H3,(H,18,20)/t14-/m1/s1. The van der Waals surface area contributed by atoms with Crippen LogP contribution in [0.15, 0.2) is 42.7 Å². The molecule has 1 heterocycles. The Balaban J connectivity index is 1.94. The van der Waals surface area contributed by atoms with Gasteiger partial charge < -0.3 is 11.1 Å². The Labute approximate surface area is 118 Å². The van der Waals surface area contributed by atoms with Crippen LogP contribution in [0, 0.1) is 0 Å². The fourth-order valence-corrected chi connectivity index (χ4v) is 1.96. The molecule has 0 aliphatic rings. The number of carbonyl (C=O) groups excluding carboxylic acids is 1. The van der Waals surface area contributed by atoms with E-state index in [2.05, 4.69) is 10.4 Å². The Morgan fingerprint density at radius 1 is 1.40 bits per heavy atom. The maximum Gasteiger partial charge on any atom is 0.241 e. The van der Waals surface area contributed by atoms with E-state index < -0.39 is 6.04 Å². The predicted molar refractivity (Wildman–Crippen MR) is 79.3 cm³/mol. The number of anilines is 1. The van der Waals surface area contributed by atoms with Crippen molar-refractivity contribution >= 4 is 11.6 Å². The van der Waals surface area contributed by atoms with Gasteiger partial charge >= 0.3 is 0 Å². The van der Waals surface area contributed by atoms with Crippen LogP contribution in [0.1, 0.15) is 25.3 Å². The van der Waals surface area contributed by atoms with Crippen molar-refractivity contribution in [2.24, 2.45) is 5.73 Å². The number of aromatic nitrogens is 2. The highest BCUT2D eigenvalue weighted by molar-refractivity contribution is 5.94. The van der Waals surface area contributed by atoms with Crippen molar-refractivity contribution in [3.05, 3.63) is 48.3 Å². The number of amides is 1. The molecule has 1 aromatic heterocycles. The third-order valence-electron chi connectivity index (χ3n) is 3.02. The SMILES string of the molecule is CCC[C@@H](N)C(=O)Nc1cnn(Cc2ccccc2)c1. The number of rotatable bonds is 6. The second kappa shape index (κ2) is 6.86. The second-order valence-corrected chi connectivity index (χ2v) is 4.80. The average molecular weight is 272 g/mol. The lowest BCUT2D eigenvalue weighted by Gasteiger charge is -2.09. The highest BCUT2D eigenvalue weighted by Gasteiger charge is 2.13. The van der Waals surface area contributed by atoms with Crippen molar-refractivity contribution in [1.29, 1.82) is 0 Å². The average Bonchev–Trinajstić information content (AvgIpc) is 2.87. The van der Waals surface area contributed by atoms with E-state index in [0.717, 1.165) is 12.0 Å². The Morgan fingerprint density at radius 3 is 2.85 bits per heavy atom. The number of hydrogen-bond donors (Lipinski definition) is 2. The number of nitrogens with two attached hydrogens (primary N) is 1. The molecule has 1 atom stereocenters. The molecule has 2 rings (SSSR count). The van der Waals surface area contributed by atoms with Gasteiger partial charge in [-0.15, -0.1) is 0 Å². The lowest BCUT2D eigenvalue weighted by Crippen LogP contribution is -2.35. The summed E-state index contributed by atoms with van der Waals surface area (Å²) in [4.78, 5) is 11.8. The van der Waals surface area contributed by atoms with E-state index in [9.17, 15) is 4.79 Å². The van der Waals surface area contributed by atoms with Crippen LogP contribution in [-0.2, 0) is 11.3 Å². The minimum Gasteiger partial charge on any atom is -0.322 e. The Hall–Kier alpha value is -2.14. The molecule has 2 aromatic rings. The Morgan fingerprint density at radius 2 is 2.15 bits per heavy atom. The molecule has 0 fully saturated rings. The van der Waals surface area contributed by atoms with Gasteiger partial charge in [0.1, 0.15) is 0 Å². The fraction of sp³-hybridized carbons (Fsp3) is 0.333. The molecule has 0 unspecified atom stereocenters. The summed E-state index contributed by atoms with van der Waals surface area (Å²) in [6.45, 7) is 2.68. The van der Waals surface area contributed by atoms with E-state index in [1.165, 1.54) is 0 Å². The quantitative estimate of drug-likeness (QED) is 0.844.